The number of hydrogen-bond donors (Lipinski definition) is 3. The SMILES string of the molecule is CNc1ccc2nc(-c3cc(OC)ccc3C(N)=O)c(C#N)c(NCc3ccccc3)c2c1. The summed E-state index contributed by atoms with van der Waals surface area (Å²) in [6.45, 7) is 0.513. The van der Waals surface area contributed by atoms with Gasteiger partial charge in [-0.15, -0.1) is 0 Å². The number of nitrogens with one attached hydrogen (secondary N) is 2. The molecule has 7 heteroatoms. The number of nitrogens with two attached hydrogens (primary N) is 1. The first-order valence-corrected chi connectivity index (χ1v) is 10.4. The van der Waals surface area contributed by atoms with E-state index < -0.39 is 5.91 Å². The molecule has 1 aromatic heterocycles. The first kappa shape index (κ1) is 21.7. The van der Waals surface area contributed by atoms with Crippen LogP contribution in [0.4, 0.5) is 11.4 Å². The predicted molar refractivity (Wildman–Crippen MR) is 130 cm³/mol. The van der Waals surface area contributed by atoms with Crippen molar-refractivity contribution in [1.82, 2.24) is 4.98 Å². The van der Waals surface area contributed by atoms with E-state index in [9.17, 15) is 10.1 Å². The van der Waals surface area contributed by atoms with Gasteiger partial charge in [0.05, 0.1) is 24.0 Å². The summed E-state index contributed by atoms with van der Waals surface area (Å²) in [4.78, 5) is 17.0. The molecular formula is C26H23N5O2. The number of anilines is 2. The van der Waals surface area contributed by atoms with Gasteiger partial charge >= 0.3 is 0 Å². The average molecular weight is 438 g/mol. The van der Waals surface area contributed by atoms with E-state index in [1.807, 2.05) is 55.6 Å². The number of primary amides is 1. The van der Waals surface area contributed by atoms with Crippen molar-refractivity contribution in [2.75, 3.05) is 24.8 Å². The average Bonchev–Trinajstić information content (AvgIpc) is 2.86. The van der Waals surface area contributed by atoms with Gasteiger partial charge in [0.1, 0.15) is 17.4 Å². The number of ether oxygens (including phenoxy) is 1. The van der Waals surface area contributed by atoms with Crippen LogP contribution in [0.3, 0.4) is 0 Å². The van der Waals surface area contributed by atoms with E-state index in [-0.39, 0.29) is 5.56 Å². The Bertz CT molecular complexity index is 1380. The third-order valence-electron chi connectivity index (χ3n) is 5.44. The van der Waals surface area contributed by atoms with Crippen molar-refractivity contribution >= 4 is 28.2 Å². The minimum atomic E-state index is -0.609. The second-order valence-corrected chi connectivity index (χ2v) is 7.42. The zero-order valence-corrected chi connectivity index (χ0v) is 18.3. The Hall–Kier alpha value is -4.57. The van der Waals surface area contributed by atoms with Crippen LogP contribution in [0.1, 0.15) is 21.5 Å². The van der Waals surface area contributed by atoms with Gasteiger partial charge in [-0.1, -0.05) is 30.3 Å². The van der Waals surface area contributed by atoms with Crippen molar-refractivity contribution in [3.8, 4) is 23.1 Å². The van der Waals surface area contributed by atoms with Crippen molar-refractivity contribution in [3.63, 3.8) is 0 Å². The molecule has 4 rings (SSSR count). The number of benzene rings is 3. The maximum absolute atomic E-state index is 12.2. The molecule has 164 valence electrons. The third-order valence-corrected chi connectivity index (χ3v) is 5.44. The number of methoxy groups -OCH3 is 1. The number of pyridine rings is 1. The first-order valence-electron chi connectivity index (χ1n) is 10.4. The van der Waals surface area contributed by atoms with Crippen LogP contribution in [-0.2, 0) is 6.54 Å². The number of hydrogen-bond acceptors (Lipinski definition) is 6. The molecule has 4 N–H and O–H groups in total. The summed E-state index contributed by atoms with van der Waals surface area (Å²) in [6, 6.07) is 22.9. The minimum Gasteiger partial charge on any atom is -0.497 e. The molecule has 0 aliphatic heterocycles. The van der Waals surface area contributed by atoms with Crippen LogP contribution in [-0.4, -0.2) is 25.0 Å². The molecule has 1 amide bonds. The van der Waals surface area contributed by atoms with Gasteiger partial charge in [0, 0.05) is 35.8 Å². The van der Waals surface area contributed by atoms with Gasteiger partial charge in [-0.05, 0) is 42.0 Å². The summed E-state index contributed by atoms with van der Waals surface area (Å²) in [5, 5.41) is 17.6. The molecule has 3 aromatic carbocycles. The Morgan fingerprint density at radius 2 is 1.91 bits per heavy atom. The summed E-state index contributed by atoms with van der Waals surface area (Å²) in [5.41, 5.74) is 10.3. The Kier molecular flexibility index (Phi) is 6.09. The largest absolute Gasteiger partial charge is 0.497 e. The van der Waals surface area contributed by atoms with Crippen molar-refractivity contribution in [1.29, 1.82) is 5.26 Å². The van der Waals surface area contributed by atoms with Crippen LogP contribution in [0.25, 0.3) is 22.2 Å². The van der Waals surface area contributed by atoms with Gasteiger partial charge in [0.2, 0.25) is 5.91 Å². The van der Waals surface area contributed by atoms with E-state index in [1.165, 1.54) is 7.11 Å². The lowest BCUT2D eigenvalue weighted by molar-refractivity contribution is 0.100. The molecule has 0 radical (unpaired) electrons. The van der Waals surface area contributed by atoms with Gasteiger partial charge in [0.25, 0.3) is 0 Å². The van der Waals surface area contributed by atoms with E-state index >= 15 is 0 Å². The van der Waals surface area contributed by atoms with Gasteiger partial charge in [0.15, 0.2) is 0 Å². The molecule has 0 spiro atoms. The standard InChI is InChI=1S/C26H23N5O2/c1-29-17-8-11-23-21(12-17)24(30-15-16-6-4-3-5-7-16)22(14-27)25(31-23)20-13-18(33-2)9-10-19(20)26(28)32/h3-13,29H,15H2,1-2H3,(H2,28,32)(H,30,31). The highest BCUT2D eigenvalue weighted by molar-refractivity contribution is 6.04. The fraction of sp³-hybridized carbons (Fsp3) is 0.115. The van der Waals surface area contributed by atoms with E-state index in [1.54, 1.807) is 18.2 Å². The minimum absolute atomic E-state index is 0.264. The second-order valence-electron chi connectivity index (χ2n) is 7.42. The van der Waals surface area contributed by atoms with E-state index in [4.69, 9.17) is 15.5 Å². The smallest absolute Gasteiger partial charge is 0.249 e. The number of nitrogens with zero attached hydrogens (tertiary/aromatic N) is 2. The molecule has 0 fully saturated rings. The van der Waals surface area contributed by atoms with Gasteiger partial charge in [-0.3, -0.25) is 4.79 Å². The number of rotatable bonds is 7. The summed E-state index contributed by atoms with van der Waals surface area (Å²) < 4.78 is 5.35. The number of carbonyl (C=O) groups excluding carboxylic acids is 1. The fourth-order valence-corrected chi connectivity index (χ4v) is 3.75. The molecule has 33 heavy (non-hydrogen) atoms. The van der Waals surface area contributed by atoms with Crippen LogP contribution in [0.5, 0.6) is 5.75 Å². The fourth-order valence-electron chi connectivity index (χ4n) is 3.75. The Balaban J connectivity index is 1.99. The van der Waals surface area contributed by atoms with Crippen molar-refractivity contribution in [2.45, 2.75) is 6.54 Å². The van der Waals surface area contributed by atoms with Crippen LogP contribution >= 0.6 is 0 Å². The van der Waals surface area contributed by atoms with Gasteiger partial charge in [-0.25, -0.2) is 4.98 Å². The highest BCUT2D eigenvalue weighted by Gasteiger charge is 2.21. The van der Waals surface area contributed by atoms with Crippen LogP contribution < -0.4 is 21.1 Å². The maximum Gasteiger partial charge on any atom is 0.249 e. The molecule has 0 aliphatic carbocycles. The zero-order valence-electron chi connectivity index (χ0n) is 18.3. The van der Waals surface area contributed by atoms with Crippen molar-refractivity contribution in [2.24, 2.45) is 5.73 Å². The number of amides is 1. The molecule has 0 atom stereocenters. The topological polar surface area (TPSA) is 113 Å². The zero-order chi connectivity index (χ0) is 23.4. The lowest BCUT2D eigenvalue weighted by Gasteiger charge is -2.17. The number of carbonyl (C=O) groups is 1. The monoisotopic (exact) mass is 437 g/mol. The van der Waals surface area contributed by atoms with Gasteiger partial charge in [-0.2, -0.15) is 5.26 Å². The van der Waals surface area contributed by atoms with Crippen molar-refractivity contribution < 1.29 is 9.53 Å². The van der Waals surface area contributed by atoms with Crippen molar-refractivity contribution in [3.05, 3.63) is 83.4 Å². The van der Waals surface area contributed by atoms with E-state index in [0.29, 0.717) is 40.3 Å². The molecule has 1 heterocycles. The van der Waals surface area contributed by atoms with E-state index in [2.05, 4.69) is 16.7 Å². The molecule has 0 aliphatic rings. The van der Waals surface area contributed by atoms with Crippen LogP contribution in [0.15, 0.2) is 66.7 Å². The summed E-state index contributed by atoms with van der Waals surface area (Å²) in [6.07, 6.45) is 0. The summed E-state index contributed by atoms with van der Waals surface area (Å²) in [5.74, 6) is -0.0760. The molecule has 4 aromatic rings. The molecule has 0 bridgehead atoms. The highest BCUT2D eigenvalue weighted by Crippen LogP contribution is 2.37. The molecular weight excluding hydrogens is 414 g/mol. The lowest BCUT2D eigenvalue weighted by atomic mass is 9.96. The van der Waals surface area contributed by atoms with E-state index in [0.717, 1.165) is 16.6 Å². The van der Waals surface area contributed by atoms with Crippen LogP contribution in [0.2, 0.25) is 0 Å². The highest BCUT2D eigenvalue weighted by atomic mass is 16.5. The quantitative estimate of drug-likeness (QED) is 0.391. The second kappa shape index (κ2) is 9.28. The third kappa shape index (κ3) is 4.27. The van der Waals surface area contributed by atoms with Gasteiger partial charge < -0.3 is 21.1 Å². The molecule has 0 saturated heterocycles. The molecule has 7 nitrogen and oxygen atoms in total. The summed E-state index contributed by atoms with van der Waals surface area (Å²) in [7, 11) is 3.37. The summed E-state index contributed by atoms with van der Waals surface area (Å²) >= 11 is 0. The Morgan fingerprint density at radius 1 is 1.12 bits per heavy atom. The number of nitriles is 1. The molecule has 0 saturated carbocycles. The predicted octanol–water partition coefficient (Wildman–Crippen LogP) is 4.53. The normalized spacial score (nSPS) is 10.5. The first-order chi connectivity index (χ1) is 16.0. The van der Waals surface area contributed by atoms with Crippen LogP contribution in [0, 0.1) is 11.3 Å². The Morgan fingerprint density at radius 3 is 2.58 bits per heavy atom. The molecule has 0 unspecified atom stereocenters. The Labute approximate surface area is 191 Å². The number of aromatic nitrogens is 1. The maximum atomic E-state index is 12.2. The lowest BCUT2D eigenvalue weighted by Crippen LogP contribution is -2.13. The number of fused-ring (bicyclic) bond motifs is 1.